The molecule has 1 aliphatic carbocycles. The molecule has 1 saturated heterocycles. The highest BCUT2D eigenvalue weighted by atomic mass is 35.5. The number of amides is 1. The van der Waals surface area contributed by atoms with Gasteiger partial charge in [-0.2, -0.15) is 0 Å². The van der Waals surface area contributed by atoms with Gasteiger partial charge in [0.15, 0.2) is 0 Å². The summed E-state index contributed by atoms with van der Waals surface area (Å²) < 4.78 is 11.3. The van der Waals surface area contributed by atoms with E-state index in [-0.39, 0.29) is 24.2 Å². The fraction of sp³-hybridized carbons (Fsp3) is 0.611. The van der Waals surface area contributed by atoms with Crippen LogP contribution in [0.5, 0.6) is 0 Å². The molecule has 1 aromatic rings. The summed E-state index contributed by atoms with van der Waals surface area (Å²) in [5, 5.41) is 6.47. The summed E-state index contributed by atoms with van der Waals surface area (Å²) in [6.07, 6.45) is 3.06. The largest absolute Gasteiger partial charge is 0.375 e. The van der Waals surface area contributed by atoms with Gasteiger partial charge < -0.3 is 20.1 Å². The van der Waals surface area contributed by atoms with Gasteiger partial charge in [0.25, 0.3) is 0 Å². The van der Waals surface area contributed by atoms with Crippen molar-refractivity contribution in [2.45, 2.75) is 38.0 Å². The third-order valence-corrected chi connectivity index (χ3v) is 4.66. The number of morpholine rings is 1. The Labute approximate surface area is 149 Å². The van der Waals surface area contributed by atoms with Crippen molar-refractivity contribution in [2.24, 2.45) is 5.92 Å². The highest BCUT2D eigenvalue weighted by molar-refractivity contribution is 5.85. The Hall–Kier alpha value is -1.14. The Morgan fingerprint density at radius 3 is 2.96 bits per heavy atom. The van der Waals surface area contributed by atoms with E-state index in [4.69, 9.17) is 9.47 Å². The lowest BCUT2D eigenvalue weighted by molar-refractivity contribution is -0.128. The van der Waals surface area contributed by atoms with Gasteiger partial charge in [-0.3, -0.25) is 4.79 Å². The number of benzene rings is 1. The van der Waals surface area contributed by atoms with Gasteiger partial charge in [-0.25, -0.2) is 0 Å². The molecule has 0 bridgehead atoms. The van der Waals surface area contributed by atoms with E-state index in [2.05, 4.69) is 10.6 Å². The summed E-state index contributed by atoms with van der Waals surface area (Å²) in [4.78, 5) is 12.3. The molecule has 0 aromatic heterocycles. The van der Waals surface area contributed by atoms with Crippen molar-refractivity contribution < 1.29 is 14.3 Å². The second-order valence-corrected chi connectivity index (χ2v) is 6.31. The van der Waals surface area contributed by atoms with Gasteiger partial charge in [-0.15, -0.1) is 12.4 Å². The average Bonchev–Trinajstić information content (AvgIpc) is 2.61. The molecule has 3 rings (SSSR count). The summed E-state index contributed by atoms with van der Waals surface area (Å²) >= 11 is 0. The predicted molar refractivity (Wildman–Crippen MR) is 95.2 cm³/mol. The number of rotatable bonds is 6. The lowest BCUT2D eigenvalue weighted by Crippen LogP contribution is -2.53. The van der Waals surface area contributed by atoms with Crippen molar-refractivity contribution in [1.29, 1.82) is 0 Å². The Bertz CT molecular complexity index is 500. The molecule has 6 heteroatoms. The summed E-state index contributed by atoms with van der Waals surface area (Å²) in [5.74, 6) is 0.249. The van der Waals surface area contributed by atoms with Gasteiger partial charge in [-0.1, -0.05) is 30.3 Å². The number of hydrogen-bond acceptors (Lipinski definition) is 4. The third-order valence-electron chi connectivity index (χ3n) is 4.66. The number of nitrogens with one attached hydrogen (secondary N) is 2. The molecular weight excluding hydrogens is 328 g/mol. The fourth-order valence-electron chi connectivity index (χ4n) is 3.40. The monoisotopic (exact) mass is 354 g/mol. The highest BCUT2D eigenvalue weighted by Gasteiger charge is 2.35. The van der Waals surface area contributed by atoms with Gasteiger partial charge in [0.1, 0.15) is 0 Å². The summed E-state index contributed by atoms with van der Waals surface area (Å²) in [6, 6.07) is 10.4. The molecule has 2 fully saturated rings. The zero-order chi connectivity index (χ0) is 15.9. The maximum Gasteiger partial charge on any atom is 0.223 e. The minimum absolute atomic E-state index is 0. The molecule has 0 radical (unpaired) electrons. The molecule has 2 N–H and O–H groups in total. The van der Waals surface area contributed by atoms with E-state index >= 15 is 0 Å². The first kappa shape index (κ1) is 19.2. The van der Waals surface area contributed by atoms with Crippen LogP contribution in [0, 0.1) is 5.92 Å². The highest BCUT2D eigenvalue weighted by Crippen LogP contribution is 2.28. The van der Waals surface area contributed by atoms with Crippen LogP contribution in [0.4, 0.5) is 0 Å². The van der Waals surface area contributed by atoms with E-state index in [0.717, 1.165) is 38.0 Å². The van der Waals surface area contributed by atoms with Gasteiger partial charge >= 0.3 is 0 Å². The van der Waals surface area contributed by atoms with Crippen LogP contribution in [0.3, 0.4) is 0 Å². The topological polar surface area (TPSA) is 59.6 Å². The minimum atomic E-state index is 0. The van der Waals surface area contributed by atoms with Crippen molar-refractivity contribution in [1.82, 2.24) is 10.6 Å². The molecule has 0 spiro atoms. The predicted octanol–water partition coefficient (Wildman–Crippen LogP) is 1.90. The van der Waals surface area contributed by atoms with E-state index in [1.54, 1.807) is 0 Å². The number of hydrogen-bond donors (Lipinski definition) is 2. The molecule has 1 heterocycles. The van der Waals surface area contributed by atoms with Gasteiger partial charge in [0, 0.05) is 25.0 Å². The van der Waals surface area contributed by atoms with Crippen LogP contribution in [0.25, 0.3) is 0 Å². The van der Waals surface area contributed by atoms with E-state index in [9.17, 15) is 4.79 Å². The molecule has 0 unspecified atom stereocenters. The van der Waals surface area contributed by atoms with Crippen molar-refractivity contribution in [2.75, 3.05) is 26.3 Å². The number of carbonyl (C=O) groups is 1. The molecule has 2 aliphatic rings. The van der Waals surface area contributed by atoms with Crippen molar-refractivity contribution in [3.8, 4) is 0 Å². The van der Waals surface area contributed by atoms with Crippen LogP contribution in [0.2, 0.25) is 0 Å². The SMILES string of the molecule is Cl.O=C(NCCOCc1ccccc1)[C@H]1CC[C@H]2OCCN[C@@H]2C1. The first-order valence-electron chi connectivity index (χ1n) is 8.57. The normalized spacial score (nSPS) is 26.1. The maximum atomic E-state index is 12.3. The van der Waals surface area contributed by atoms with Crippen molar-refractivity contribution in [3.05, 3.63) is 35.9 Å². The smallest absolute Gasteiger partial charge is 0.223 e. The van der Waals surface area contributed by atoms with Crippen LogP contribution < -0.4 is 10.6 Å². The van der Waals surface area contributed by atoms with E-state index in [1.165, 1.54) is 0 Å². The van der Waals surface area contributed by atoms with Crippen LogP contribution in [-0.2, 0) is 20.9 Å². The molecule has 1 saturated carbocycles. The molecule has 134 valence electrons. The lowest BCUT2D eigenvalue weighted by Gasteiger charge is -2.39. The molecule has 24 heavy (non-hydrogen) atoms. The number of halogens is 1. The van der Waals surface area contributed by atoms with Crippen LogP contribution in [0.15, 0.2) is 30.3 Å². The van der Waals surface area contributed by atoms with E-state index < -0.39 is 0 Å². The third kappa shape index (κ3) is 5.45. The second kappa shape index (κ2) is 9.99. The first-order chi connectivity index (χ1) is 11.3. The second-order valence-electron chi connectivity index (χ2n) is 6.31. The summed E-state index contributed by atoms with van der Waals surface area (Å²) in [5.41, 5.74) is 1.15. The first-order valence-corrected chi connectivity index (χ1v) is 8.57. The number of fused-ring (bicyclic) bond motifs is 1. The Kier molecular flexibility index (Phi) is 7.99. The van der Waals surface area contributed by atoms with Gasteiger partial charge in [0.2, 0.25) is 5.91 Å². The molecule has 5 nitrogen and oxygen atoms in total. The summed E-state index contributed by atoms with van der Waals surface area (Å²) in [6.45, 7) is 3.38. The van der Waals surface area contributed by atoms with Gasteiger partial charge in [-0.05, 0) is 24.8 Å². The van der Waals surface area contributed by atoms with E-state index in [0.29, 0.717) is 31.9 Å². The standard InChI is InChI=1S/C18H26N2O3.ClH/c21-18(15-6-7-17-16(12-15)19-9-11-23-17)20-8-10-22-13-14-4-2-1-3-5-14;/h1-5,15-17,19H,6-13H2,(H,20,21);1H/t15-,16+,17+;/m0./s1. The quantitative estimate of drug-likeness (QED) is 0.766. The fourth-order valence-corrected chi connectivity index (χ4v) is 3.40. The van der Waals surface area contributed by atoms with Crippen molar-refractivity contribution >= 4 is 18.3 Å². The molecule has 1 aliphatic heterocycles. The van der Waals surface area contributed by atoms with Crippen LogP contribution in [0.1, 0.15) is 24.8 Å². The van der Waals surface area contributed by atoms with Crippen LogP contribution >= 0.6 is 12.4 Å². The minimum Gasteiger partial charge on any atom is -0.375 e. The average molecular weight is 355 g/mol. The lowest BCUT2D eigenvalue weighted by atomic mass is 9.82. The Balaban J connectivity index is 0.00000208. The Morgan fingerprint density at radius 2 is 2.12 bits per heavy atom. The number of carbonyl (C=O) groups excluding carboxylic acids is 1. The molecular formula is C18H27ClN2O3. The zero-order valence-corrected chi connectivity index (χ0v) is 14.7. The van der Waals surface area contributed by atoms with Gasteiger partial charge in [0.05, 0.1) is 25.9 Å². The molecule has 1 amide bonds. The molecule has 1 aromatic carbocycles. The van der Waals surface area contributed by atoms with E-state index in [1.807, 2.05) is 30.3 Å². The Morgan fingerprint density at radius 1 is 1.29 bits per heavy atom. The maximum absolute atomic E-state index is 12.3. The summed E-state index contributed by atoms with van der Waals surface area (Å²) in [7, 11) is 0. The van der Waals surface area contributed by atoms with Crippen molar-refractivity contribution in [3.63, 3.8) is 0 Å². The molecule has 3 atom stereocenters. The van der Waals surface area contributed by atoms with Crippen LogP contribution in [-0.4, -0.2) is 44.4 Å². The number of ether oxygens (including phenoxy) is 2. The zero-order valence-electron chi connectivity index (χ0n) is 13.9.